The molecule has 4 heteroatoms. The molecule has 80 valence electrons. The van der Waals surface area contributed by atoms with Crippen molar-refractivity contribution in [3.05, 3.63) is 35.4 Å². The molecule has 0 spiro atoms. The topological polar surface area (TPSA) is 65.1 Å². The molecular formula is C11H16N4. The highest BCUT2D eigenvalue weighted by Gasteiger charge is 2.32. The predicted molar refractivity (Wildman–Crippen MR) is 60.2 cm³/mol. The van der Waals surface area contributed by atoms with Crippen LogP contribution in [0.5, 0.6) is 0 Å². The molecule has 1 aliphatic heterocycles. The summed E-state index contributed by atoms with van der Waals surface area (Å²) >= 11 is 0. The molecule has 1 heterocycles. The van der Waals surface area contributed by atoms with Crippen molar-refractivity contribution in [2.24, 2.45) is 5.73 Å². The maximum Gasteiger partial charge on any atom is 0.200 e. The van der Waals surface area contributed by atoms with Gasteiger partial charge in [0.25, 0.3) is 0 Å². The second kappa shape index (κ2) is 3.55. The Labute approximate surface area is 89.6 Å². The van der Waals surface area contributed by atoms with Gasteiger partial charge in [0.1, 0.15) is 0 Å². The van der Waals surface area contributed by atoms with Gasteiger partial charge in [0, 0.05) is 0 Å². The van der Waals surface area contributed by atoms with Crippen LogP contribution in [0.1, 0.15) is 37.1 Å². The van der Waals surface area contributed by atoms with E-state index < -0.39 is 0 Å². The molecule has 0 amide bonds. The van der Waals surface area contributed by atoms with E-state index in [1.54, 1.807) is 0 Å². The minimum atomic E-state index is -0.0125. The third-order valence-corrected chi connectivity index (χ3v) is 2.98. The van der Waals surface area contributed by atoms with Crippen molar-refractivity contribution in [1.82, 2.24) is 10.4 Å². The molecule has 0 radical (unpaired) electrons. The van der Waals surface area contributed by atoms with Gasteiger partial charge in [-0.3, -0.25) is 10.8 Å². The summed E-state index contributed by atoms with van der Waals surface area (Å²) in [4.78, 5) is 0. The van der Waals surface area contributed by atoms with Gasteiger partial charge in [-0.2, -0.15) is 0 Å². The molecule has 0 fully saturated rings. The van der Waals surface area contributed by atoms with Gasteiger partial charge in [-0.1, -0.05) is 24.3 Å². The van der Waals surface area contributed by atoms with E-state index in [-0.39, 0.29) is 18.0 Å². The van der Waals surface area contributed by atoms with Crippen LogP contribution >= 0.6 is 0 Å². The van der Waals surface area contributed by atoms with Gasteiger partial charge in [0.05, 0.1) is 12.1 Å². The summed E-state index contributed by atoms with van der Waals surface area (Å²) < 4.78 is 0. The molecule has 15 heavy (non-hydrogen) atoms. The maximum absolute atomic E-state index is 7.27. The predicted octanol–water partition coefficient (Wildman–Crippen LogP) is 1.52. The van der Waals surface area contributed by atoms with Crippen LogP contribution in [0, 0.1) is 5.41 Å². The van der Waals surface area contributed by atoms with Crippen LogP contribution in [0.25, 0.3) is 0 Å². The van der Waals surface area contributed by atoms with Gasteiger partial charge >= 0.3 is 0 Å². The Morgan fingerprint density at radius 2 is 1.73 bits per heavy atom. The fraction of sp³-hybridized carbons (Fsp3) is 0.364. The van der Waals surface area contributed by atoms with Crippen molar-refractivity contribution in [3.8, 4) is 0 Å². The van der Waals surface area contributed by atoms with E-state index >= 15 is 0 Å². The molecule has 0 bridgehead atoms. The Morgan fingerprint density at radius 1 is 1.27 bits per heavy atom. The SMILES string of the molecule is CC1c2ccccc2C(C)N1NC(=N)N. The Hall–Kier alpha value is -1.55. The molecule has 0 saturated carbocycles. The number of hydrazine groups is 1. The lowest BCUT2D eigenvalue weighted by Gasteiger charge is -2.26. The third-order valence-electron chi connectivity index (χ3n) is 2.98. The normalized spacial score (nSPS) is 24.9. The molecule has 2 atom stereocenters. The number of nitrogens with one attached hydrogen (secondary N) is 2. The first-order valence-electron chi connectivity index (χ1n) is 5.09. The quantitative estimate of drug-likeness (QED) is 0.480. The minimum absolute atomic E-state index is 0.0125. The molecule has 1 aliphatic rings. The number of rotatable bonds is 1. The van der Waals surface area contributed by atoms with Crippen LogP contribution in [-0.2, 0) is 0 Å². The van der Waals surface area contributed by atoms with Crippen LogP contribution in [0.3, 0.4) is 0 Å². The van der Waals surface area contributed by atoms with Gasteiger partial charge < -0.3 is 5.73 Å². The van der Waals surface area contributed by atoms with Gasteiger partial charge in [-0.15, -0.1) is 0 Å². The fourth-order valence-corrected chi connectivity index (χ4v) is 2.24. The molecule has 0 aromatic heterocycles. The van der Waals surface area contributed by atoms with E-state index in [9.17, 15) is 0 Å². The molecule has 2 unspecified atom stereocenters. The number of fused-ring (bicyclic) bond motifs is 1. The summed E-state index contributed by atoms with van der Waals surface area (Å²) in [5.74, 6) is -0.0125. The fourth-order valence-electron chi connectivity index (χ4n) is 2.24. The highest BCUT2D eigenvalue weighted by molar-refractivity contribution is 5.73. The van der Waals surface area contributed by atoms with Crippen LogP contribution < -0.4 is 11.2 Å². The van der Waals surface area contributed by atoms with Crippen LogP contribution in [0.4, 0.5) is 0 Å². The molecule has 4 N–H and O–H groups in total. The average molecular weight is 204 g/mol. The summed E-state index contributed by atoms with van der Waals surface area (Å²) in [5.41, 5.74) is 10.9. The van der Waals surface area contributed by atoms with Gasteiger partial charge in [-0.25, -0.2) is 5.01 Å². The lowest BCUT2D eigenvalue weighted by Crippen LogP contribution is -2.45. The first-order chi connectivity index (χ1) is 7.11. The number of nitrogens with two attached hydrogens (primary N) is 1. The minimum Gasteiger partial charge on any atom is -0.369 e. The van der Waals surface area contributed by atoms with Crippen molar-refractivity contribution in [2.45, 2.75) is 25.9 Å². The number of nitrogens with zero attached hydrogens (tertiary/aromatic N) is 1. The molecular weight excluding hydrogens is 188 g/mol. The summed E-state index contributed by atoms with van der Waals surface area (Å²) in [7, 11) is 0. The highest BCUT2D eigenvalue weighted by atomic mass is 15.6. The molecule has 1 aromatic rings. The van der Waals surface area contributed by atoms with Crippen LogP contribution in [0.2, 0.25) is 0 Å². The third kappa shape index (κ3) is 1.57. The van der Waals surface area contributed by atoms with Gasteiger partial charge in [0.2, 0.25) is 5.96 Å². The van der Waals surface area contributed by atoms with Crippen molar-refractivity contribution in [1.29, 1.82) is 5.41 Å². The summed E-state index contributed by atoms with van der Waals surface area (Å²) in [6.07, 6.45) is 0. The van der Waals surface area contributed by atoms with E-state index in [0.717, 1.165) is 0 Å². The van der Waals surface area contributed by atoms with Crippen LogP contribution in [-0.4, -0.2) is 11.0 Å². The van der Waals surface area contributed by atoms with E-state index in [1.807, 2.05) is 17.1 Å². The second-order valence-corrected chi connectivity index (χ2v) is 3.91. The number of benzene rings is 1. The van der Waals surface area contributed by atoms with Crippen molar-refractivity contribution < 1.29 is 0 Å². The Kier molecular flexibility index (Phi) is 2.36. The highest BCUT2D eigenvalue weighted by Crippen LogP contribution is 2.39. The van der Waals surface area contributed by atoms with Gasteiger partial charge in [0.15, 0.2) is 0 Å². The summed E-state index contributed by atoms with van der Waals surface area (Å²) in [6.45, 7) is 4.22. The van der Waals surface area contributed by atoms with E-state index in [4.69, 9.17) is 11.1 Å². The lowest BCUT2D eigenvalue weighted by atomic mass is 10.0. The number of hydrogen-bond acceptors (Lipinski definition) is 2. The maximum atomic E-state index is 7.27. The average Bonchev–Trinajstić information content (AvgIpc) is 2.44. The molecule has 1 aromatic carbocycles. The van der Waals surface area contributed by atoms with E-state index in [2.05, 4.69) is 31.4 Å². The van der Waals surface area contributed by atoms with Crippen LogP contribution in [0.15, 0.2) is 24.3 Å². The molecule has 0 saturated heterocycles. The Balaban J connectivity index is 2.32. The lowest BCUT2D eigenvalue weighted by molar-refractivity contribution is 0.145. The molecule has 2 rings (SSSR count). The second-order valence-electron chi connectivity index (χ2n) is 3.91. The Morgan fingerprint density at radius 3 is 2.13 bits per heavy atom. The van der Waals surface area contributed by atoms with E-state index in [0.29, 0.717) is 0 Å². The van der Waals surface area contributed by atoms with Crippen molar-refractivity contribution in [2.75, 3.05) is 0 Å². The zero-order valence-electron chi connectivity index (χ0n) is 8.99. The smallest absolute Gasteiger partial charge is 0.200 e. The summed E-state index contributed by atoms with van der Waals surface area (Å²) in [6, 6.07) is 8.83. The number of hydrogen-bond donors (Lipinski definition) is 3. The van der Waals surface area contributed by atoms with Crippen molar-refractivity contribution >= 4 is 5.96 Å². The molecule has 4 nitrogen and oxygen atoms in total. The first kappa shape index (κ1) is 9.98. The Bertz CT molecular complexity index is 359. The first-order valence-corrected chi connectivity index (χ1v) is 5.09. The monoisotopic (exact) mass is 204 g/mol. The van der Waals surface area contributed by atoms with E-state index in [1.165, 1.54) is 11.1 Å². The zero-order chi connectivity index (χ0) is 11.0. The zero-order valence-corrected chi connectivity index (χ0v) is 8.99. The largest absolute Gasteiger partial charge is 0.369 e. The standard InChI is InChI=1S/C11H16N4/c1-7-9-5-3-4-6-10(9)8(2)15(7)14-11(12)13/h3-8H,1-2H3,(H4,12,13,14). The molecule has 0 aliphatic carbocycles. The summed E-state index contributed by atoms with van der Waals surface area (Å²) in [5, 5.41) is 9.28. The van der Waals surface area contributed by atoms with Crippen molar-refractivity contribution in [3.63, 3.8) is 0 Å². The number of guanidine groups is 1. The van der Waals surface area contributed by atoms with Gasteiger partial charge in [-0.05, 0) is 25.0 Å².